The van der Waals surface area contributed by atoms with Crippen LogP contribution in [0.25, 0.3) is 11.1 Å². The second-order valence-electron chi connectivity index (χ2n) is 9.76. The van der Waals surface area contributed by atoms with Crippen LogP contribution in [-0.2, 0) is 14.3 Å². The fraction of sp³-hybridized carbons (Fsp3) is 0.444. The zero-order valence-corrected chi connectivity index (χ0v) is 19.0. The minimum atomic E-state index is -0.980. The highest BCUT2D eigenvalue weighted by Crippen LogP contribution is 2.44. The van der Waals surface area contributed by atoms with Crippen molar-refractivity contribution in [3.8, 4) is 11.1 Å². The summed E-state index contributed by atoms with van der Waals surface area (Å²) in [5, 5.41) is 15.0. The van der Waals surface area contributed by atoms with Gasteiger partial charge >= 0.3 is 12.1 Å². The molecule has 0 saturated heterocycles. The molecule has 3 unspecified atom stereocenters. The third-order valence-corrected chi connectivity index (χ3v) is 7.35. The van der Waals surface area contributed by atoms with Crippen LogP contribution in [0.4, 0.5) is 4.79 Å². The average molecular weight is 463 g/mol. The summed E-state index contributed by atoms with van der Waals surface area (Å²) in [6.07, 6.45) is 3.87. The molecule has 2 aromatic carbocycles. The molecule has 178 valence electrons. The summed E-state index contributed by atoms with van der Waals surface area (Å²) in [5.41, 5.74) is 4.68. The number of ether oxygens (including phenoxy) is 1. The molecule has 0 aliphatic heterocycles. The van der Waals surface area contributed by atoms with Gasteiger partial charge in [-0.1, -0.05) is 61.4 Å². The van der Waals surface area contributed by atoms with Gasteiger partial charge in [0.15, 0.2) is 0 Å². The van der Waals surface area contributed by atoms with E-state index in [1.165, 1.54) is 11.1 Å². The summed E-state index contributed by atoms with van der Waals surface area (Å²) in [6.45, 7) is 0.248. The van der Waals surface area contributed by atoms with Crippen molar-refractivity contribution < 1.29 is 24.2 Å². The number of nitrogens with one attached hydrogen (secondary N) is 2. The van der Waals surface area contributed by atoms with Crippen molar-refractivity contribution in [1.29, 1.82) is 0 Å². The largest absolute Gasteiger partial charge is 0.480 e. The molecule has 2 amide bonds. The third-order valence-electron chi connectivity index (χ3n) is 7.35. The number of carboxylic acids is 1. The average Bonchev–Trinajstić information content (AvgIpc) is 3.43. The first-order valence-electron chi connectivity index (χ1n) is 12.1. The Morgan fingerprint density at radius 2 is 1.59 bits per heavy atom. The molecule has 3 atom stereocenters. The Balaban J connectivity index is 1.12. The fourth-order valence-corrected chi connectivity index (χ4v) is 5.36. The van der Waals surface area contributed by atoms with Crippen LogP contribution in [-0.4, -0.2) is 41.8 Å². The predicted molar refractivity (Wildman–Crippen MR) is 126 cm³/mol. The van der Waals surface area contributed by atoms with E-state index in [0.29, 0.717) is 31.6 Å². The number of alkyl carbamates (subject to hydrolysis) is 1. The van der Waals surface area contributed by atoms with E-state index < -0.39 is 18.1 Å². The lowest BCUT2D eigenvalue weighted by Gasteiger charge is -2.18. The molecule has 5 rings (SSSR count). The van der Waals surface area contributed by atoms with E-state index in [1.54, 1.807) is 0 Å². The highest BCUT2D eigenvalue weighted by Gasteiger charge is 2.35. The first-order valence-corrected chi connectivity index (χ1v) is 12.1. The fourth-order valence-electron chi connectivity index (χ4n) is 5.36. The lowest BCUT2D eigenvalue weighted by atomic mass is 9.98. The van der Waals surface area contributed by atoms with E-state index in [1.807, 2.05) is 24.3 Å². The van der Waals surface area contributed by atoms with Gasteiger partial charge in [0.1, 0.15) is 12.6 Å². The second-order valence-corrected chi connectivity index (χ2v) is 9.76. The predicted octanol–water partition coefficient (Wildman–Crippen LogP) is 4.06. The molecule has 0 aromatic heterocycles. The summed E-state index contributed by atoms with van der Waals surface area (Å²) in [7, 11) is 0. The number of hydrogen-bond acceptors (Lipinski definition) is 4. The summed E-state index contributed by atoms with van der Waals surface area (Å²) >= 11 is 0. The normalized spacial score (nSPS) is 21.9. The maximum absolute atomic E-state index is 12.6. The first-order chi connectivity index (χ1) is 16.5. The van der Waals surface area contributed by atoms with Crippen molar-refractivity contribution in [1.82, 2.24) is 10.6 Å². The molecule has 2 fully saturated rings. The highest BCUT2D eigenvalue weighted by molar-refractivity contribution is 5.85. The summed E-state index contributed by atoms with van der Waals surface area (Å²) in [5.74, 6) is -1.09. The molecular weight excluding hydrogens is 432 g/mol. The maximum Gasteiger partial charge on any atom is 0.407 e. The molecule has 7 nitrogen and oxygen atoms in total. The van der Waals surface area contributed by atoms with E-state index in [2.05, 4.69) is 34.9 Å². The number of carboxylic acid groups (broad SMARTS) is 1. The molecule has 0 radical (unpaired) electrons. The number of carbonyl (C=O) groups excluding carboxylic acids is 2. The van der Waals surface area contributed by atoms with Crippen molar-refractivity contribution in [2.75, 3.05) is 6.61 Å². The van der Waals surface area contributed by atoms with E-state index >= 15 is 0 Å². The van der Waals surface area contributed by atoms with Crippen LogP contribution in [0.5, 0.6) is 0 Å². The second kappa shape index (κ2) is 9.49. The summed E-state index contributed by atoms with van der Waals surface area (Å²) in [4.78, 5) is 36.6. The first kappa shape index (κ1) is 22.4. The lowest BCUT2D eigenvalue weighted by Crippen LogP contribution is -2.44. The van der Waals surface area contributed by atoms with Gasteiger partial charge in [-0.15, -0.1) is 0 Å². The van der Waals surface area contributed by atoms with Crippen LogP contribution in [0, 0.1) is 11.8 Å². The smallest absolute Gasteiger partial charge is 0.407 e. The van der Waals surface area contributed by atoms with E-state index in [0.717, 1.165) is 24.0 Å². The van der Waals surface area contributed by atoms with E-state index in [-0.39, 0.29) is 30.4 Å². The number of carbonyl (C=O) groups is 3. The third kappa shape index (κ3) is 4.79. The molecule has 7 heteroatoms. The van der Waals surface area contributed by atoms with Crippen LogP contribution in [0.1, 0.15) is 55.6 Å². The van der Waals surface area contributed by atoms with Crippen molar-refractivity contribution in [3.63, 3.8) is 0 Å². The topological polar surface area (TPSA) is 105 Å². The van der Waals surface area contributed by atoms with Gasteiger partial charge in [-0.05, 0) is 53.9 Å². The SMILES string of the molecule is O=C(NC1CCC(C(=O)NC(CC2CC2)C(=O)O)C1)OCC1c2ccccc2-c2ccccc21. The maximum atomic E-state index is 12.6. The number of rotatable bonds is 8. The van der Waals surface area contributed by atoms with Crippen LogP contribution in [0.3, 0.4) is 0 Å². The lowest BCUT2D eigenvalue weighted by molar-refractivity contribution is -0.142. The monoisotopic (exact) mass is 462 g/mol. The van der Waals surface area contributed by atoms with Gasteiger partial charge in [0.2, 0.25) is 5.91 Å². The molecule has 0 heterocycles. The molecule has 3 N–H and O–H groups in total. The van der Waals surface area contributed by atoms with Crippen LogP contribution in [0.2, 0.25) is 0 Å². The van der Waals surface area contributed by atoms with Gasteiger partial charge in [0.05, 0.1) is 0 Å². The zero-order chi connectivity index (χ0) is 23.7. The molecule has 0 bridgehead atoms. The van der Waals surface area contributed by atoms with Gasteiger partial charge < -0.3 is 20.5 Å². The molecule has 3 aliphatic rings. The minimum Gasteiger partial charge on any atom is -0.480 e. The molecule has 0 spiro atoms. The minimum absolute atomic E-state index is 0.000302. The molecule has 3 aliphatic carbocycles. The number of amides is 2. The van der Waals surface area contributed by atoms with Crippen molar-refractivity contribution >= 4 is 18.0 Å². The number of fused-ring (bicyclic) bond motifs is 3. The van der Waals surface area contributed by atoms with Crippen LogP contribution >= 0.6 is 0 Å². The van der Waals surface area contributed by atoms with E-state index in [9.17, 15) is 19.5 Å². The van der Waals surface area contributed by atoms with E-state index in [4.69, 9.17) is 4.74 Å². The molecule has 34 heavy (non-hydrogen) atoms. The highest BCUT2D eigenvalue weighted by atomic mass is 16.5. The van der Waals surface area contributed by atoms with Crippen LogP contribution < -0.4 is 10.6 Å². The quantitative estimate of drug-likeness (QED) is 0.549. The summed E-state index contributed by atoms with van der Waals surface area (Å²) in [6, 6.07) is 15.4. The van der Waals surface area contributed by atoms with Gasteiger partial charge in [0, 0.05) is 17.9 Å². The molecule has 2 aromatic rings. The molecule has 2 saturated carbocycles. The van der Waals surface area contributed by atoms with Crippen molar-refractivity contribution in [2.45, 2.75) is 56.5 Å². The molecular formula is C27H30N2O5. The Hall–Kier alpha value is -3.35. The van der Waals surface area contributed by atoms with Gasteiger partial charge in [0.25, 0.3) is 0 Å². The Bertz CT molecular complexity index is 1050. The standard InChI is InChI=1S/C27H30N2O5/c30-25(29-24(26(31)32)13-16-9-10-16)17-11-12-18(14-17)28-27(33)34-15-23-21-7-3-1-5-19(21)20-6-2-4-8-22(20)23/h1-8,16-18,23-24H,9-15H2,(H,28,33)(H,29,30)(H,31,32). The number of aliphatic carboxylic acids is 1. The Kier molecular flexibility index (Phi) is 6.26. The summed E-state index contributed by atoms with van der Waals surface area (Å²) < 4.78 is 5.62. The van der Waals surface area contributed by atoms with Crippen LogP contribution in [0.15, 0.2) is 48.5 Å². The van der Waals surface area contributed by atoms with Gasteiger partial charge in [-0.25, -0.2) is 9.59 Å². The Labute approximate surface area is 198 Å². The number of benzene rings is 2. The van der Waals surface area contributed by atoms with Gasteiger partial charge in [-0.3, -0.25) is 4.79 Å². The Morgan fingerprint density at radius 3 is 2.21 bits per heavy atom. The van der Waals surface area contributed by atoms with Gasteiger partial charge in [-0.2, -0.15) is 0 Å². The Morgan fingerprint density at radius 1 is 0.941 bits per heavy atom. The number of hydrogen-bond donors (Lipinski definition) is 3. The van der Waals surface area contributed by atoms with Crippen molar-refractivity contribution in [2.24, 2.45) is 11.8 Å². The van der Waals surface area contributed by atoms with Crippen molar-refractivity contribution in [3.05, 3.63) is 59.7 Å². The zero-order valence-electron chi connectivity index (χ0n) is 19.0.